The number of carboxylic acid groups (broad SMARTS) is 1. The van der Waals surface area contributed by atoms with Crippen LogP contribution in [0.1, 0.15) is 40.2 Å². The van der Waals surface area contributed by atoms with Gasteiger partial charge in [-0.25, -0.2) is 9.78 Å². The molecule has 1 aliphatic rings. The minimum absolute atomic E-state index is 0.217. The fraction of sp³-hybridized carbons (Fsp3) is 0.357. The predicted molar refractivity (Wildman–Crippen MR) is 71.7 cm³/mol. The van der Waals surface area contributed by atoms with E-state index in [0.29, 0.717) is 18.1 Å². The highest BCUT2D eigenvalue weighted by molar-refractivity contribution is 5.93. The average Bonchev–Trinajstić information content (AvgIpc) is 2.97. The second-order valence-electron chi connectivity index (χ2n) is 4.85. The Kier molecular flexibility index (Phi) is 3.37. The van der Waals surface area contributed by atoms with Gasteiger partial charge in [0.1, 0.15) is 23.3 Å². The molecule has 3 rings (SSSR count). The van der Waals surface area contributed by atoms with Gasteiger partial charge in [-0.15, -0.1) is 0 Å². The number of hydrogen-bond donors (Lipinski definition) is 2. The summed E-state index contributed by atoms with van der Waals surface area (Å²) in [5.74, 6) is -0.560. The highest BCUT2D eigenvalue weighted by Crippen LogP contribution is 2.25. The lowest BCUT2D eigenvalue weighted by atomic mass is 9.94. The molecule has 0 saturated carbocycles. The van der Waals surface area contributed by atoms with E-state index < -0.39 is 5.97 Å². The molecule has 0 fully saturated rings. The number of aryl methyl sites for hydroxylation is 2. The average molecular weight is 273 g/mol. The molecule has 0 atom stereocenters. The Bertz CT molecular complexity index is 623. The van der Waals surface area contributed by atoms with Crippen LogP contribution in [0.4, 0.5) is 5.82 Å². The maximum Gasteiger partial charge on any atom is 0.339 e. The number of carbonyl (C=O) groups is 1. The summed E-state index contributed by atoms with van der Waals surface area (Å²) in [6.45, 7) is 0.391. The Morgan fingerprint density at radius 3 is 3.00 bits per heavy atom. The summed E-state index contributed by atoms with van der Waals surface area (Å²) in [4.78, 5) is 15.8. The Morgan fingerprint density at radius 2 is 2.25 bits per heavy atom. The van der Waals surface area contributed by atoms with Gasteiger partial charge in [0.15, 0.2) is 0 Å². The Labute approximate surface area is 115 Å². The van der Waals surface area contributed by atoms with Crippen LogP contribution in [-0.2, 0) is 19.4 Å². The monoisotopic (exact) mass is 273 g/mol. The number of aromatic carboxylic acids is 1. The number of fused-ring (bicyclic) bond motifs is 1. The predicted octanol–water partition coefficient (Wildman–Crippen LogP) is 2.26. The van der Waals surface area contributed by atoms with Crippen LogP contribution in [0.25, 0.3) is 0 Å². The zero-order valence-electron chi connectivity index (χ0n) is 10.9. The number of anilines is 1. The molecule has 0 saturated heterocycles. The molecule has 1 aliphatic carbocycles. The van der Waals surface area contributed by atoms with E-state index in [-0.39, 0.29) is 5.56 Å². The van der Waals surface area contributed by atoms with Crippen molar-refractivity contribution in [2.45, 2.75) is 32.2 Å². The number of nitrogens with zero attached hydrogens (tertiary/aromatic N) is 2. The van der Waals surface area contributed by atoms with E-state index in [0.717, 1.165) is 36.9 Å². The van der Waals surface area contributed by atoms with Crippen LogP contribution in [0, 0.1) is 0 Å². The van der Waals surface area contributed by atoms with E-state index in [1.54, 1.807) is 12.1 Å². The zero-order chi connectivity index (χ0) is 13.9. The van der Waals surface area contributed by atoms with Gasteiger partial charge in [0, 0.05) is 11.8 Å². The molecular weight excluding hydrogens is 258 g/mol. The smallest absolute Gasteiger partial charge is 0.339 e. The van der Waals surface area contributed by atoms with E-state index in [4.69, 9.17) is 4.52 Å². The summed E-state index contributed by atoms with van der Waals surface area (Å²) in [5.41, 5.74) is 2.99. The SMILES string of the molecule is O=C(O)c1cc2c(nc1NCc1ccon1)CCCC2. The maximum absolute atomic E-state index is 11.4. The minimum Gasteiger partial charge on any atom is -0.478 e. The van der Waals surface area contributed by atoms with Crippen molar-refractivity contribution in [1.82, 2.24) is 10.1 Å². The highest BCUT2D eigenvalue weighted by Gasteiger charge is 2.18. The standard InChI is InChI=1S/C14H15N3O3/c18-14(19)11-7-9-3-1-2-4-12(9)16-13(11)15-8-10-5-6-20-17-10/h5-7H,1-4,8H2,(H,15,16)(H,18,19). The van der Waals surface area contributed by atoms with Crippen molar-refractivity contribution in [2.24, 2.45) is 0 Å². The van der Waals surface area contributed by atoms with E-state index >= 15 is 0 Å². The molecule has 0 amide bonds. The molecule has 0 radical (unpaired) electrons. The molecule has 20 heavy (non-hydrogen) atoms. The fourth-order valence-corrected chi connectivity index (χ4v) is 2.43. The molecule has 0 aromatic carbocycles. The molecule has 0 spiro atoms. The Balaban J connectivity index is 1.89. The molecule has 6 nitrogen and oxygen atoms in total. The molecule has 0 aliphatic heterocycles. The van der Waals surface area contributed by atoms with Gasteiger partial charge >= 0.3 is 5.97 Å². The lowest BCUT2D eigenvalue weighted by Crippen LogP contribution is -2.14. The Morgan fingerprint density at radius 1 is 1.40 bits per heavy atom. The largest absolute Gasteiger partial charge is 0.478 e. The van der Waals surface area contributed by atoms with Gasteiger partial charge in [-0.05, 0) is 37.3 Å². The third-order valence-electron chi connectivity index (χ3n) is 3.46. The van der Waals surface area contributed by atoms with Crippen LogP contribution in [-0.4, -0.2) is 21.2 Å². The molecule has 104 valence electrons. The third kappa shape index (κ3) is 2.49. The number of carboxylic acids is 1. The first kappa shape index (κ1) is 12.7. The molecule has 0 bridgehead atoms. The van der Waals surface area contributed by atoms with Crippen molar-refractivity contribution >= 4 is 11.8 Å². The van der Waals surface area contributed by atoms with Gasteiger partial charge < -0.3 is 14.9 Å². The number of pyridine rings is 1. The molecule has 2 N–H and O–H groups in total. The maximum atomic E-state index is 11.4. The van der Waals surface area contributed by atoms with Crippen molar-refractivity contribution in [2.75, 3.05) is 5.32 Å². The normalized spacial score (nSPS) is 13.8. The van der Waals surface area contributed by atoms with Gasteiger partial charge in [0.05, 0.1) is 6.54 Å². The van der Waals surface area contributed by atoms with Gasteiger partial charge in [-0.3, -0.25) is 0 Å². The van der Waals surface area contributed by atoms with Crippen molar-refractivity contribution in [1.29, 1.82) is 0 Å². The lowest BCUT2D eigenvalue weighted by molar-refractivity contribution is 0.0697. The third-order valence-corrected chi connectivity index (χ3v) is 3.46. The topological polar surface area (TPSA) is 88.2 Å². The van der Waals surface area contributed by atoms with Crippen molar-refractivity contribution in [3.8, 4) is 0 Å². The first-order valence-electron chi connectivity index (χ1n) is 6.63. The molecular formula is C14H15N3O3. The summed E-state index contributed by atoms with van der Waals surface area (Å²) in [5, 5.41) is 16.1. The first-order valence-corrected chi connectivity index (χ1v) is 6.63. The van der Waals surface area contributed by atoms with E-state index in [9.17, 15) is 9.90 Å². The molecule has 6 heteroatoms. The van der Waals surface area contributed by atoms with Gasteiger partial charge in [0.25, 0.3) is 0 Å². The molecule has 2 heterocycles. The van der Waals surface area contributed by atoms with Gasteiger partial charge in [-0.1, -0.05) is 5.16 Å². The Hall–Kier alpha value is -2.37. The number of nitrogens with one attached hydrogen (secondary N) is 1. The van der Waals surface area contributed by atoms with Crippen LogP contribution in [0.15, 0.2) is 22.9 Å². The van der Waals surface area contributed by atoms with Crippen LogP contribution in [0.3, 0.4) is 0 Å². The number of aromatic nitrogens is 2. The van der Waals surface area contributed by atoms with Crippen molar-refractivity contribution < 1.29 is 14.4 Å². The zero-order valence-corrected chi connectivity index (χ0v) is 10.9. The van der Waals surface area contributed by atoms with Crippen LogP contribution >= 0.6 is 0 Å². The first-order chi connectivity index (χ1) is 9.74. The van der Waals surface area contributed by atoms with Gasteiger partial charge in [-0.2, -0.15) is 0 Å². The van der Waals surface area contributed by atoms with E-state index in [1.165, 1.54) is 6.26 Å². The quantitative estimate of drug-likeness (QED) is 0.888. The molecule has 2 aromatic rings. The van der Waals surface area contributed by atoms with Crippen LogP contribution in [0.5, 0.6) is 0 Å². The van der Waals surface area contributed by atoms with E-state index in [2.05, 4.69) is 15.5 Å². The van der Waals surface area contributed by atoms with Crippen molar-refractivity contribution in [3.05, 3.63) is 40.9 Å². The number of hydrogen-bond acceptors (Lipinski definition) is 5. The second-order valence-corrected chi connectivity index (χ2v) is 4.85. The summed E-state index contributed by atoms with van der Waals surface area (Å²) >= 11 is 0. The minimum atomic E-state index is -0.964. The van der Waals surface area contributed by atoms with E-state index in [1.807, 2.05) is 0 Å². The van der Waals surface area contributed by atoms with Crippen LogP contribution in [0.2, 0.25) is 0 Å². The van der Waals surface area contributed by atoms with Crippen LogP contribution < -0.4 is 5.32 Å². The van der Waals surface area contributed by atoms with Crippen molar-refractivity contribution in [3.63, 3.8) is 0 Å². The summed E-state index contributed by atoms with van der Waals surface area (Å²) in [6, 6.07) is 3.47. The molecule has 0 unspecified atom stereocenters. The fourth-order valence-electron chi connectivity index (χ4n) is 2.43. The lowest BCUT2D eigenvalue weighted by Gasteiger charge is -2.17. The summed E-state index contributed by atoms with van der Waals surface area (Å²) in [6.07, 6.45) is 5.50. The molecule has 2 aromatic heterocycles. The highest BCUT2D eigenvalue weighted by atomic mass is 16.5. The number of rotatable bonds is 4. The second kappa shape index (κ2) is 5.32. The summed E-state index contributed by atoms with van der Waals surface area (Å²) in [7, 11) is 0. The van der Waals surface area contributed by atoms with Gasteiger partial charge in [0.2, 0.25) is 0 Å². The summed E-state index contributed by atoms with van der Waals surface area (Å²) < 4.78 is 4.74.